The zero-order chi connectivity index (χ0) is 15.0. The second-order valence-corrected chi connectivity index (χ2v) is 6.74. The van der Waals surface area contributed by atoms with Crippen molar-refractivity contribution in [3.63, 3.8) is 0 Å². The molecule has 0 saturated carbocycles. The molecule has 0 aliphatic carbocycles. The number of sulfonamides is 1. The van der Waals surface area contributed by atoms with Crippen LogP contribution in [0.25, 0.3) is 0 Å². The summed E-state index contributed by atoms with van der Waals surface area (Å²) in [6.07, 6.45) is 0. The Morgan fingerprint density at radius 2 is 2.29 bits per heavy atom. The third-order valence-electron chi connectivity index (χ3n) is 3.06. The van der Waals surface area contributed by atoms with E-state index in [2.05, 4.69) is 10.3 Å². The Kier molecular flexibility index (Phi) is 3.40. The molecule has 1 unspecified atom stereocenters. The molecule has 21 heavy (non-hydrogen) atoms. The van der Waals surface area contributed by atoms with Gasteiger partial charge in [0.05, 0.1) is 16.4 Å². The molecule has 7 nitrogen and oxygen atoms in total. The van der Waals surface area contributed by atoms with Gasteiger partial charge in [-0.2, -0.15) is 0 Å². The summed E-state index contributed by atoms with van der Waals surface area (Å²) in [6.45, 7) is 0.235. The Morgan fingerprint density at radius 1 is 1.48 bits per heavy atom. The fourth-order valence-electron chi connectivity index (χ4n) is 2.05. The van der Waals surface area contributed by atoms with E-state index in [1.165, 1.54) is 29.5 Å². The van der Waals surface area contributed by atoms with Crippen molar-refractivity contribution in [2.75, 3.05) is 6.61 Å². The number of hydrogen-bond acceptors (Lipinski definition) is 6. The van der Waals surface area contributed by atoms with Crippen LogP contribution in [-0.4, -0.2) is 25.9 Å². The van der Waals surface area contributed by atoms with Crippen LogP contribution < -0.4 is 15.2 Å². The van der Waals surface area contributed by atoms with Crippen molar-refractivity contribution in [3.05, 3.63) is 40.3 Å². The van der Waals surface area contributed by atoms with Crippen LogP contribution >= 0.6 is 11.3 Å². The van der Waals surface area contributed by atoms with Crippen LogP contribution in [0, 0.1) is 0 Å². The Balaban J connectivity index is 1.87. The smallest absolute Gasteiger partial charge is 0.271 e. The zero-order valence-electron chi connectivity index (χ0n) is 10.6. The highest BCUT2D eigenvalue weighted by atomic mass is 32.2. The number of nitrogens with one attached hydrogen (secondary N) is 1. The number of ether oxygens (including phenoxy) is 1. The topological polar surface area (TPSA) is 111 Å². The van der Waals surface area contributed by atoms with E-state index in [0.29, 0.717) is 17.0 Å². The number of fused-ring (bicyclic) bond motifs is 1. The van der Waals surface area contributed by atoms with Gasteiger partial charge in [-0.1, -0.05) is 0 Å². The zero-order valence-corrected chi connectivity index (χ0v) is 12.3. The van der Waals surface area contributed by atoms with E-state index in [1.807, 2.05) is 0 Å². The molecule has 2 aromatic rings. The molecule has 1 amide bonds. The average Bonchev–Trinajstić information content (AvgIpc) is 3.07. The van der Waals surface area contributed by atoms with Gasteiger partial charge in [-0.3, -0.25) is 4.79 Å². The van der Waals surface area contributed by atoms with Crippen LogP contribution in [0.4, 0.5) is 0 Å². The first-order valence-corrected chi connectivity index (χ1v) is 8.42. The number of aromatic nitrogens is 1. The minimum Gasteiger partial charge on any atom is -0.491 e. The van der Waals surface area contributed by atoms with Crippen molar-refractivity contribution >= 4 is 27.3 Å². The van der Waals surface area contributed by atoms with Crippen molar-refractivity contribution in [2.24, 2.45) is 5.14 Å². The highest BCUT2D eigenvalue weighted by molar-refractivity contribution is 7.89. The number of thiazole rings is 1. The lowest BCUT2D eigenvalue weighted by Crippen LogP contribution is -2.29. The Bertz CT molecular complexity index is 787. The second kappa shape index (κ2) is 5.10. The van der Waals surface area contributed by atoms with E-state index in [9.17, 15) is 13.2 Å². The van der Waals surface area contributed by atoms with E-state index in [0.717, 1.165) is 0 Å². The predicted octanol–water partition coefficient (Wildman–Crippen LogP) is 0.654. The molecule has 3 rings (SSSR count). The minimum atomic E-state index is -3.80. The monoisotopic (exact) mass is 325 g/mol. The maximum absolute atomic E-state index is 12.0. The molecule has 1 aromatic heterocycles. The number of rotatable bonds is 3. The van der Waals surface area contributed by atoms with Gasteiger partial charge < -0.3 is 10.1 Å². The molecule has 0 radical (unpaired) electrons. The molecular formula is C12H11N3O4S2. The summed E-state index contributed by atoms with van der Waals surface area (Å²) in [5.41, 5.74) is 2.47. The molecule has 1 aliphatic rings. The molecule has 1 atom stereocenters. The van der Waals surface area contributed by atoms with Crippen LogP contribution in [0.2, 0.25) is 0 Å². The fraction of sp³-hybridized carbons (Fsp3) is 0.167. The highest BCUT2D eigenvalue weighted by Gasteiger charge is 2.28. The number of carbonyl (C=O) groups excluding carboxylic acids is 1. The molecule has 0 bridgehead atoms. The van der Waals surface area contributed by atoms with Gasteiger partial charge in [0.1, 0.15) is 18.1 Å². The van der Waals surface area contributed by atoms with Gasteiger partial charge in [-0.25, -0.2) is 18.5 Å². The van der Waals surface area contributed by atoms with Crippen molar-refractivity contribution in [3.8, 4) is 5.75 Å². The first-order chi connectivity index (χ1) is 9.95. The van der Waals surface area contributed by atoms with Gasteiger partial charge in [0.2, 0.25) is 10.0 Å². The number of nitrogens with two attached hydrogens (primary N) is 1. The summed E-state index contributed by atoms with van der Waals surface area (Å²) in [7, 11) is -3.80. The van der Waals surface area contributed by atoms with Crippen LogP contribution in [0.15, 0.2) is 34.0 Å². The van der Waals surface area contributed by atoms with Gasteiger partial charge >= 0.3 is 0 Å². The SMILES string of the molecule is NS(=O)(=O)c1ccc2c(c1)C(NC(=O)c1cscn1)CO2. The molecule has 0 spiro atoms. The number of amides is 1. The minimum absolute atomic E-state index is 0.0142. The maximum Gasteiger partial charge on any atom is 0.271 e. The van der Waals surface area contributed by atoms with Gasteiger partial charge in [0.25, 0.3) is 5.91 Å². The van der Waals surface area contributed by atoms with Crippen LogP contribution in [0.3, 0.4) is 0 Å². The third-order valence-corrected chi connectivity index (χ3v) is 4.56. The number of benzene rings is 1. The molecule has 3 N–H and O–H groups in total. The summed E-state index contributed by atoms with van der Waals surface area (Å²) >= 11 is 1.32. The third kappa shape index (κ3) is 2.75. The van der Waals surface area contributed by atoms with Crippen molar-refractivity contribution < 1.29 is 17.9 Å². The molecule has 110 valence electrons. The van der Waals surface area contributed by atoms with E-state index in [1.54, 1.807) is 10.9 Å². The first-order valence-electron chi connectivity index (χ1n) is 5.94. The standard InChI is InChI=1S/C12H11N3O4S2/c13-21(17,18)7-1-2-11-8(3-7)9(4-19-11)15-12(16)10-5-20-6-14-10/h1-3,5-6,9H,4H2,(H,15,16)(H2,13,17,18). The van der Waals surface area contributed by atoms with E-state index in [4.69, 9.17) is 9.88 Å². The molecule has 1 aliphatic heterocycles. The normalized spacial score (nSPS) is 17.1. The van der Waals surface area contributed by atoms with Crippen LogP contribution in [0.1, 0.15) is 22.1 Å². The van der Waals surface area contributed by atoms with E-state index in [-0.39, 0.29) is 17.4 Å². The average molecular weight is 325 g/mol. The van der Waals surface area contributed by atoms with Crippen LogP contribution in [-0.2, 0) is 10.0 Å². The summed E-state index contributed by atoms with van der Waals surface area (Å²) in [5, 5.41) is 9.50. The second-order valence-electron chi connectivity index (χ2n) is 4.46. The quantitative estimate of drug-likeness (QED) is 0.861. The predicted molar refractivity (Wildman–Crippen MR) is 75.6 cm³/mol. The molecule has 9 heteroatoms. The number of carbonyl (C=O) groups is 1. The molecular weight excluding hydrogens is 314 g/mol. The number of primary sulfonamides is 1. The van der Waals surface area contributed by atoms with E-state index >= 15 is 0 Å². The number of hydrogen-bond donors (Lipinski definition) is 2. The number of nitrogens with zero attached hydrogens (tertiary/aromatic N) is 1. The van der Waals surface area contributed by atoms with Crippen LogP contribution in [0.5, 0.6) is 5.75 Å². The Hall–Kier alpha value is -1.97. The lowest BCUT2D eigenvalue weighted by Gasteiger charge is -2.11. The van der Waals surface area contributed by atoms with Crippen molar-refractivity contribution in [2.45, 2.75) is 10.9 Å². The summed E-state index contributed by atoms with van der Waals surface area (Å²) < 4.78 is 28.2. The first kappa shape index (κ1) is 14.0. The maximum atomic E-state index is 12.0. The lowest BCUT2D eigenvalue weighted by molar-refractivity contribution is 0.0926. The highest BCUT2D eigenvalue weighted by Crippen LogP contribution is 2.34. The van der Waals surface area contributed by atoms with Gasteiger partial charge in [0, 0.05) is 10.9 Å². The van der Waals surface area contributed by atoms with E-state index < -0.39 is 16.1 Å². The van der Waals surface area contributed by atoms with Crippen molar-refractivity contribution in [1.29, 1.82) is 0 Å². The van der Waals surface area contributed by atoms with Gasteiger partial charge in [-0.05, 0) is 18.2 Å². The van der Waals surface area contributed by atoms with Gasteiger partial charge in [0.15, 0.2) is 0 Å². The Morgan fingerprint density at radius 3 is 2.95 bits per heavy atom. The van der Waals surface area contributed by atoms with Crippen molar-refractivity contribution in [1.82, 2.24) is 10.3 Å². The molecule has 1 aromatic carbocycles. The molecule has 0 fully saturated rings. The molecule has 0 saturated heterocycles. The Labute approximate surface area is 124 Å². The lowest BCUT2D eigenvalue weighted by atomic mass is 10.1. The largest absolute Gasteiger partial charge is 0.491 e. The summed E-state index contributed by atoms with van der Waals surface area (Å²) in [4.78, 5) is 15.9. The molecule has 2 heterocycles. The fourth-order valence-corrected chi connectivity index (χ4v) is 3.13. The summed E-state index contributed by atoms with van der Waals surface area (Å²) in [5.74, 6) is 0.199. The summed E-state index contributed by atoms with van der Waals surface area (Å²) in [6, 6.07) is 3.89. The van der Waals surface area contributed by atoms with Gasteiger partial charge in [-0.15, -0.1) is 11.3 Å².